The van der Waals surface area contributed by atoms with Crippen molar-refractivity contribution in [2.45, 2.75) is 19.6 Å². The molecule has 0 aliphatic rings. The van der Waals surface area contributed by atoms with Gasteiger partial charge in [-0.1, -0.05) is 67.6 Å². The summed E-state index contributed by atoms with van der Waals surface area (Å²) >= 11 is 0. The summed E-state index contributed by atoms with van der Waals surface area (Å²) < 4.78 is 11.5. The van der Waals surface area contributed by atoms with E-state index in [1.807, 2.05) is 91.9 Å². The lowest BCUT2D eigenvalue weighted by atomic mass is 10.0. The number of nitrogens with zero attached hydrogens (tertiary/aromatic N) is 1. The number of benzene rings is 5. The van der Waals surface area contributed by atoms with Crippen molar-refractivity contribution in [1.29, 1.82) is 0 Å². The van der Waals surface area contributed by atoms with Gasteiger partial charge in [0.05, 0.1) is 0 Å². The minimum absolute atomic E-state index is 0.546. The summed E-state index contributed by atoms with van der Waals surface area (Å²) in [6.07, 6.45) is -0.239. The minimum atomic E-state index is -0.784. The van der Waals surface area contributed by atoms with Crippen LogP contribution < -0.4 is 14.4 Å². The summed E-state index contributed by atoms with van der Waals surface area (Å²) in [7, 11) is 0. The zero-order valence-corrected chi connectivity index (χ0v) is 20.7. The lowest BCUT2D eigenvalue weighted by Gasteiger charge is -2.26. The lowest BCUT2D eigenvalue weighted by Crippen LogP contribution is -2.13. The van der Waals surface area contributed by atoms with Gasteiger partial charge in [0, 0.05) is 23.5 Å². The van der Waals surface area contributed by atoms with Crippen LogP contribution >= 0.6 is 0 Å². The third-order valence-corrected chi connectivity index (χ3v) is 6.02. The molecule has 0 fully saturated rings. The smallest absolute Gasteiger partial charge is 0.197 e. The van der Waals surface area contributed by atoms with Crippen LogP contribution in [-0.4, -0.2) is 11.4 Å². The van der Waals surface area contributed by atoms with Gasteiger partial charge in [-0.2, -0.15) is 0 Å². The van der Waals surface area contributed by atoms with Crippen molar-refractivity contribution in [3.8, 4) is 28.4 Å². The first-order chi connectivity index (χ1) is 18.2. The van der Waals surface area contributed by atoms with E-state index in [9.17, 15) is 5.11 Å². The fourth-order valence-corrected chi connectivity index (χ4v) is 4.08. The van der Waals surface area contributed by atoms with Crippen molar-refractivity contribution in [1.82, 2.24) is 0 Å². The Balaban J connectivity index is 1.39. The van der Waals surface area contributed by atoms with E-state index < -0.39 is 6.29 Å². The number of rotatable bonds is 9. The molecule has 37 heavy (non-hydrogen) atoms. The molecule has 5 aromatic rings. The van der Waals surface area contributed by atoms with Crippen molar-refractivity contribution in [2.24, 2.45) is 0 Å². The number of aliphatic hydroxyl groups excluding tert-OH is 1. The summed E-state index contributed by atoms with van der Waals surface area (Å²) in [6.45, 7) is 1.88. The van der Waals surface area contributed by atoms with E-state index in [2.05, 4.69) is 53.4 Å². The molecule has 0 aromatic heterocycles. The minimum Gasteiger partial charge on any atom is -0.465 e. The molecule has 0 radical (unpaired) electrons. The third-order valence-electron chi connectivity index (χ3n) is 6.02. The molecule has 0 spiro atoms. The molecular weight excluding hydrogens is 458 g/mol. The molecule has 0 heterocycles. The monoisotopic (exact) mass is 487 g/mol. The molecule has 0 bridgehead atoms. The number of aliphatic hydroxyl groups is 1. The number of anilines is 3. The van der Waals surface area contributed by atoms with Gasteiger partial charge in [0.15, 0.2) is 6.29 Å². The van der Waals surface area contributed by atoms with E-state index in [0.717, 1.165) is 39.7 Å². The van der Waals surface area contributed by atoms with Gasteiger partial charge in [0.1, 0.15) is 17.2 Å². The Hall–Kier alpha value is -4.54. The maximum atomic E-state index is 9.72. The molecule has 1 atom stereocenters. The average Bonchev–Trinajstić information content (AvgIpc) is 2.96. The fourth-order valence-electron chi connectivity index (χ4n) is 4.08. The molecule has 5 aromatic carbocycles. The predicted molar refractivity (Wildman–Crippen MR) is 150 cm³/mol. The highest BCUT2D eigenvalue weighted by Gasteiger charge is 2.13. The van der Waals surface area contributed by atoms with Crippen molar-refractivity contribution in [3.05, 3.63) is 133 Å². The van der Waals surface area contributed by atoms with Crippen LogP contribution in [0.1, 0.15) is 13.3 Å². The third kappa shape index (κ3) is 6.00. The van der Waals surface area contributed by atoms with Gasteiger partial charge in [0.25, 0.3) is 0 Å². The Bertz CT molecular complexity index is 1380. The Morgan fingerprint density at radius 1 is 0.541 bits per heavy atom. The highest BCUT2D eigenvalue weighted by Crippen LogP contribution is 2.36. The van der Waals surface area contributed by atoms with Crippen molar-refractivity contribution in [3.63, 3.8) is 0 Å². The summed E-state index contributed by atoms with van der Waals surface area (Å²) in [5.74, 6) is 2.26. The second kappa shape index (κ2) is 11.5. The molecular formula is C33H29NO3. The van der Waals surface area contributed by atoms with Gasteiger partial charge in [0.2, 0.25) is 0 Å². The summed E-state index contributed by atoms with van der Waals surface area (Å²) in [4.78, 5) is 2.22. The van der Waals surface area contributed by atoms with Crippen LogP contribution in [0.25, 0.3) is 11.1 Å². The fraction of sp³-hybridized carbons (Fsp3) is 0.0909. The maximum Gasteiger partial charge on any atom is 0.197 e. The first-order valence-electron chi connectivity index (χ1n) is 12.4. The molecule has 0 aliphatic heterocycles. The van der Waals surface area contributed by atoms with E-state index >= 15 is 0 Å². The first-order valence-corrected chi connectivity index (χ1v) is 12.4. The van der Waals surface area contributed by atoms with E-state index in [0.29, 0.717) is 12.2 Å². The molecule has 184 valence electrons. The standard InChI is InChI=1S/C33H29NO3/c1-2-33(35)37-32-21-15-26(16-22-32)25-13-17-28(18-14-25)34(27-9-5-3-6-10-27)29-19-23-31(24-20-29)36-30-11-7-4-8-12-30/h3-24,33,35H,2H2,1H3. The Labute approximate surface area is 218 Å². The molecule has 1 N–H and O–H groups in total. The molecule has 0 aliphatic carbocycles. The van der Waals surface area contributed by atoms with E-state index in [4.69, 9.17) is 9.47 Å². The van der Waals surface area contributed by atoms with Crippen LogP contribution in [0.4, 0.5) is 17.1 Å². The Morgan fingerprint density at radius 2 is 0.973 bits per heavy atom. The van der Waals surface area contributed by atoms with Gasteiger partial charge in [-0.15, -0.1) is 0 Å². The Morgan fingerprint density at radius 3 is 1.54 bits per heavy atom. The summed E-state index contributed by atoms with van der Waals surface area (Å²) in [5.41, 5.74) is 5.35. The normalized spacial score (nSPS) is 11.5. The highest BCUT2D eigenvalue weighted by atomic mass is 16.6. The topological polar surface area (TPSA) is 41.9 Å². The first kappa shape index (κ1) is 24.2. The Kier molecular flexibility index (Phi) is 7.49. The molecule has 1 unspecified atom stereocenters. The van der Waals surface area contributed by atoms with Gasteiger partial charge >= 0.3 is 0 Å². The zero-order chi connectivity index (χ0) is 25.5. The van der Waals surface area contributed by atoms with Crippen LogP contribution in [0.15, 0.2) is 133 Å². The van der Waals surface area contributed by atoms with Crippen molar-refractivity contribution >= 4 is 17.1 Å². The van der Waals surface area contributed by atoms with Crippen molar-refractivity contribution in [2.75, 3.05) is 4.90 Å². The molecule has 5 rings (SSSR count). The van der Waals surface area contributed by atoms with E-state index in [1.165, 1.54) is 0 Å². The van der Waals surface area contributed by atoms with E-state index in [-0.39, 0.29) is 0 Å². The van der Waals surface area contributed by atoms with Crippen LogP contribution in [0, 0.1) is 0 Å². The molecule has 0 saturated carbocycles. The van der Waals surface area contributed by atoms with Gasteiger partial charge in [-0.25, -0.2) is 0 Å². The number of hydrogen-bond donors (Lipinski definition) is 1. The molecule has 0 saturated heterocycles. The van der Waals surface area contributed by atoms with Crippen LogP contribution in [0.2, 0.25) is 0 Å². The van der Waals surface area contributed by atoms with Crippen LogP contribution in [-0.2, 0) is 0 Å². The second-order valence-corrected chi connectivity index (χ2v) is 8.63. The zero-order valence-electron chi connectivity index (χ0n) is 20.7. The summed E-state index contributed by atoms with van der Waals surface area (Å²) in [5, 5.41) is 9.72. The highest BCUT2D eigenvalue weighted by molar-refractivity contribution is 5.78. The number of hydrogen-bond acceptors (Lipinski definition) is 4. The SMILES string of the molecule is CCC(O)Oc1ccc(-c2ccc(N(c3ccccc3)c3ccc(Oc4ccccc4)cc3)cc2)cc1. The second-order valence-electron chi connectivity index (χ2n) is 8.63. The van der Waals surface area contributed by atoms with E-state index in [1.54, 1.807) is 0 Å². The number of ether oxygens (including phenoxy) is 2. The number of para-hydroxylation sites is 2. The van der Waals surface area contributed by atoms with Crippen LogP contribution in [0.5, 0.6) is 17.2 Å². The molecule has 0 amide bonds. The predicted octanol–water partition coefficient (Wildman–Crippen LogP) is 8.72. The van der Waals surface area contributed by atoms with Gasteiger partial charge in [-0.3, -0.25) is 0 Å². The summed E-state index contributed by atoms with van der Waals surface area (Å²) in [6, 6.07) is 44.5. The van der Waals surface area contributed by atoms with Gasteiger partial charge in [-0.05, 0) is 83.9 Å². The largest absolute Gasteiger partial charge is 0.465 e. The lowest BCUT2D eigenvalue weighted by molar-refractivity contribution is -0.0191. The van der Waals surface area contributed by atoms with Gasteiger partial charge < -0.3 is 19.5 Å². The molecule has 4 nitrogen and oxygen atoms in total. The molecule has 4 heteroatoms. The van der Waals surface area contributed by atoms with Crippen molar-refractivity contribution < 1.29 is 14.6 Å². The quantitative estimate of drug-likeness (QED) is 0.211. The van der Waals surface area contributed by atoms with Crippen LogP contribution in [0.3, 0.4) is 0 Å². The maximum absolute atomic E-state index is 9.72. The average molecular weight is 488 g/mol.